The molecule has 1 heterocycles. The minimum atomic E-state index is 0.0417. The van der Waals surface area contributed by atoms with Crippen molar-refractivity contribution in [1.29, 1.82) is 0 Å². The lowest BCUT2D eigenvalue weighted by atomic mass is 10.0. The Morgan fingerprint density at radius 1 is 1.00 bits per heavy atom. The van der Waals surface area contributed by atoms with Crippen LogP contribution in [0.5, 0.6) is 0 Å². The van der Waals surface area contributed by atoms with E-state index in [9.17, 15) is 0 Å². The Bertz CT molecular complexity index is 175. The number of ether oxygens (including phenoxy) is 1. The predicted molar refractivity (Wildman–Crippen MR) is 53.6 cm³/mol. The van der Waals surface area contributed by atoms with Gasteiger partial charge in [-0.25, -0.2) is 0 Å². The van der Waals surface area contributed by atoms with Crippen LogP contribution in [0, 0.1) is 0 Å². The zero-order valence-corrected chi connectivity index (χ0v) is 8.86. The first kappa shape index (κ1) is 9.47. The molecule has 1 saturated carbocycles. The normalized spacial score (nSPS) is 31.8. The molecule has 0 atom stereocenters. The Balaban J connectivity index is 2.03. The molecule has 1 saturated heterocycles. The summed E-state index contributed by atoms with van der Waals surface area (Å²) in [6, 6.07) is 0. The fraction of sp³-hybridized carbons (Fsp3) is 1.00. The van der Waals surface area contributed by atoms with Gasteiger partial charge in [-0.1, -0.05) is 12.8 Å². The standard InChI is InChI=1S/C11H21NO/c1-10(2)9-13-11(12-10)7-5-3-4-6-8-11/h12H,3-9H2,1-2H3. The van der Waals surface area contributed by atoms with Gasteiger partial charge in [0.25, 0.3) is 0 Å². The van der Waals surface area contributed by atoms with Crippen molar-refractivity contribution in [3.63, 3.8) is 0 Å². The molecule has 0 radical (unpaired) electrons. The largest absolute Gasteiger partial charge is 0.359 e. The van der Waals surface area contributed by atoms with E-state index in [0.717, 1.165) is 6.61 Å². The number of rotatable bonds is 0. The summed E-state index contributed by atoms with van der Waals surface area (Å²) in [5.74, 6) is 0. The third kappa shape index (κ3) is 2.05. The van der Waals surface area contributed by atoms with Gasteiger partial charge in [0.05, 0.1) is 6.61 Å². The monoisotopic (exact) mass is 183 g/mol. The highest BCUT2D eigenvalue weighted by atomic mass is 16.5. The van der Waals surface area contributed by atoms with E-state index in [4.69, 9.17) is 4.74 Å². The third-order valence-corrected chi connectivity index (χ3v) is 3.19. The molecule has 1 N–H and O–H groups in total. The van der Waals surface area contributed by atoms with Gasteiger partial charge in [0.15, 0.2) is 0 Å². The van der Waals surface area contributed by atoms with Crippen LogP contribution in [0.4, 0.5) is 0 Å². The summed E-state index contributed by atoms with van der Waals surface area (Å²) in [6.45, 7) is 5.33. The van der Waals surface area contributed by atoms with Crippen molar-refractivity contribution in [2.24, 2.45) is 0 Å². The molecule has 1 spiro atoms. The van der Waals surface area contributed by atoms with Gasteiger partial charge >= 0.3 is 0 Å². The average Bonchev–Trinajstić information content (AvgIpc) is 2.26. The molecule has 0 aromatic rings. The molecule has 13 heavy (non-hydrogen) atoms. The fourth-order valence-electron chi connectivity index (χ4n) is 2.58. The van der Waals surface area contributed by atoms with Crippen molar-refractivity contribution < 1.29 is 4.74 Å². The van der Waals surface area contributed by atoms with E-state index in [1.807, 2.05) is 0 Å². The van der Waals surface area contributed by atoms with Gasteiger partial charge in [0.1, 0.15) is 5.72 Å². The molecule has 2 rings (SSSR count). The molecule has 2 fully saturated rings. The summed E-state index contributed by atoms with van der Waals surface area (Å²) < 4.78 is 5.97. The summed E-state index contributed by atoms with van der Waals surface area (Å²) in [5.41, 5.74) is 0.227. The Morgan fingerprint density at radius 3 is 2.08 bits per heavy atom. The summed E-state index contributed by atoms with van der Waals surface area (Å²) in [4.78, 5) is 0. The minimum Gasteiger partial charge on any atom is -0.359 e. The topological polar surface area (TPSA) is 21.3 Å². The van der Waals surface area contributed by atoms with Crippen molar-refractivity contribution in [3.8, 4) is 0 Å². The first-order chi connectivity index (χ1) is 6.12. The van der Waals surface area contributed by atoms with Crippen LogP contribution in [0.1, 0.15) is 52.4 Å². The van der Waals surface area contributed by atoms with E-state index >= 15 is 0 Å². The van der Waals surface area contributed by atoms with Crippen LogP contribution in [0.25, 0.3) is 0 Å². The maximum atomic E-state index is 5.97. The molecule has 0 aromatic carbocycles. The van der Waals surface area contributed by atoms with Crippen molar-refractivity contribution in [3.05, 3.63) is 0 Å². The highest BCUT2D eigenvalue weighted by Crippen LogP contribution is 2.34. The second-order valence-corrected chi connectivity index (χ2v) is 5.21. The molecule has 2 nitrogen and oxygen atoms in total. The maximum Gasteiger partial charge on any atom is 0.119 e. The first-order valence-electron chi connectivity index (χ1n) is 5.55. The molecular weight excluding hydrogens is 162 g/mol. The van der Waals surface area contributed by atoms with Gasteiger partial charge in [0, 0.05) is 5.54 Å². The molecule has 0 unspecified atom stereocenters. The van der Waals surface area contributed by atoms with E-state index in [-0.39, 0.29) is 11.3 Å². The Morgan fingerprint density at radius 2 is 1.62 bits per heavy atom. The highest BCUT2D eigenvalue weighted by Gasteiger charge is 2.43. The Kier molecular flexibility index (Phi) is 2.37. The molecule has 0 bridgehead atoms. The van der Waals surface area contributed by atoms with Crippen LogP contribution in [0.2, 0.25) is 0 Å². The predicted octanol–water partition coefficient (Wildman–Crippen LogP) is 2.44. The van der Waals surface area contributed by atoms with Gasteiger partial charge in [0.2, 0.25) is 0 Å². The number of hydrogen-bond acceptors (Lipinski definition) is 2. The zero-order valence-electron chi connectivity index (χ0n) is 8.86. The summed E-state index contributed by atoms with van der Waals surface area (Å²) in [5, 5.41) is 3.66. The van der Waals surface area contributed by atoms with Crippen LogP contribution in [0.3, 0.4) is 0 Å². The fourth-order valence-corrected chi connectivity index (χ4v) is 2.58. The lowest BCUT2D eigenvalue weighted by Crippen LogP contribution is -2.48. The smallest absolute Gasteiger partial charge is 0.119 e. The third-order valence-electron chi connectivity index (χ3n) is 3.19. The molecule has 0 aromatic heterocycles. The molecule has 76 valence electrons. The summed E-state index contributed by atoms with van der Waals surface area (Å²) >= 11 is 0. The van der Waals surface area contributed by atoms with E-state index in [2.05, 4.69) is 19.2 Å². The summed E-state index contributed by atoms with van der Waals surface area (Å²) in [6.07, 6.45) is 7.82. The molecule has 0 amide bonds. The van der Waals surface area contributed by atoms with Crippen LogP contribution < -0.4 is 5.32 Å². The van der Waals surface area contributed by atoms with Crippen molar-refractivity contribution >= 4 is 0 Å². The van der Waals surface area contributed by atoms with E-state index in [1.54, 1.807) is 0 Å². The quantitative estimate of drug-likeness (QED) is 0.623. The van der Waals surface area contributed by atoms with Gasteiger partial charge < -0.3 is 4.74 Å². The first-order valence-corrected chi connectivity index (χ1v) is 5.55. The Hall–Kier alpha value is -0.0800. The highest BCUT2D eigenvalue weighted by molar-refractivity contribution is 4.95. The molecular formula is C11H21NO. The van der Waals surface area contributed by atoms with Crippen LogP contribution in [-0.2, 0) is 4.74 Å². The lowest BCUT2D eigenvalue weighted by molar-refractivity contribution is -0.0221. The Labute approximate surface area is 81.0 Å². The lowest BCUT2D eigenvalue weighted by Gasteiger charge is -2.29. The number of hydrogen-bond donors (Lipinski definition) is 1. The van der Waals surface area contributed by atoms with Crippen LogP contribution >= 0.6 is 0 Å². The second-order valence-electron chi connectivity index (χ2n) is 5.21. The molecule has 2 aliphatic rings. The maximum absolute atomic E-state index is 5.97. The van der Waals surface area contributed by atoms with E-state index < -0.39 is 0 Å². The van der Waals surface area contributed by atoms with E-state index in [1.165, 1.54) is 38.5 Å². The zero-order chi connectivity index (χ0) is 9.36. The molecule has 2 heteroatoms. The summed E-state index contributed by atoms with van der Waals surface area (Å²) in [7, 11) is 0. The van der Waals surface area contributed by atoms with Crippen molar-refractivity contribution in [2.75, 3.05) is 6.61 Å². The van der Waals surface area contributed by atoms with Gasteiger partial charge in [-0.05, 0) is 39.5 Å². The van der Waals surface area contributed by atoms with Crippen molar-refractivity contribution in [2.45, 2.75) is 63.6 Å². The van der Waals surface area contributed by atoms with Crippen LogP contribution in [-0.4, -0.2) is 17.9 Å². The minimum absolute atomic E-state index is 0.0417. The van der Waals surface area contributed by atoms with Gasteiger partial charge in [-0.3, -0.25) is 5.32 Å². The van der Waals surface area contributed by atoms with Gasteiger partial charge in [-0.2, -0.15) is 0 Å². The van der Waals surface area contributed by atoms with Crippen molar-refractivity contribution in [1.82, 2.24) is 5.32 Å². The average molecular weight is 183 g/mol. The second kappa shape index (κ2) is 3.25. The van der Waals surface area contributed by atoms with Gasteiger partial charge in [-0.15, -0.1) is 0 Å². The SMILES string of the molecule is CC1(C)COC2(CCCCCC2)N1. The molecule has 1 aliphatic heterocycles. The van der Waals surface area contributed by atoms with E-state index in [0.29, 0.717) is 0 Å². The molecule has 1 aliphatic carbocycles. The number of nitrogens with one attached hydrogen (secondary N) is 1. The van der Waals surface area contributed by atoms with Crippen LogP contribution in [0.15, 0.2) is 0 Å².